The molecule has 0 aromatic carbocycles. The topological polar surface area (TPSA) is 64.9 Å². The number of aromatic nitrogens is 4. The van der Waals surface area contributed by atoms with Crippen LogP contribution in [0.1, 0.15) is 13.8 Å². The molecule has 0 spiro atoms. The highest BCUT2D eigenvalue weighted by Crippen LogP contribution is 2.15. The second-order valence-electron chi connectivity index (χ2n) is 4.70. The Balaban J connectivity index is 2.07. The lowest BCUT2D eigenvalue weighted by molar-refractivity contribution is 0.396. The van der Waals surface area contributed by atoms with Gasteiger partial charge in [0.1, 0.15) is 12.1 Å². The standard InChI is InChI=1S/C13H19N5O/c1-10(2)11(7-18-5-4-14-9-18)17-12-6-13(19-3)16-8-15-12/h4-6,8-11H,7H2,1-3H3,(H,15,16,17)/t11-/m0/s1. The van der Waals surface area contributed by atoms with Crippen molar-refractivity contribution in [2.24, 2.45) is 5.92 Å². The van der Waals surface area contributed by atoms with E-state index in [9.17, 15) is 0 Å². The van der Waals surface area contributed by atoms with E-state index in [0.29, 0.717) is 11.8 Å². The normalized spacial score (nSPS) is 12.4. The molecule has 2 rings (SSSR count). The van der Waals surface area contributed by atoms with Crippen LogP contribution < -0.4 is 10.1 Å². The van der Waals surface area contributed by atoms with Crippen LogP contribution in [0.2, 0.25) is 0 Å². The van der Waals surface area contributed by atoms with Crippen molar-refractivity contribution in [1.29, 1.82) is 0 Å². The lowest BCUT2D eigenvalue weighted by Gasteiger charge is -2.23. The number of hydrogen-bond donors (Lipinski definition) is 1. The van der Waals surface area contributed by atoms with E-state index in [1.165, 1.54) is 6.33 Å². The van der Waals surface area contributed by atoms with Crippen molar-refractivity contribution in [2.45, 2.75) is 26.4 Å². The zero-order valence-corrected chi connectivity index (χ0v) is 11.4. The van der Waals surface area contributed by atoms with Gasteiger partial charge >= 0.3 is 0 Å². The summed E-state index contributed by atoms with van der Waals surface area (Å²) in [6.07, 6.45) is 7.05. The summed E-state index contributed by atoms with van der Waals surface area (Å²) in [5.74, 6) is 1.79. The van der Waals surface area contributed by atoms with E-state index in [1.807, 2.05) is 12.5 Å². The number of nitrogens with zero attached hydrogens (tertiary/aromatic N) is 4. The van der Waals surface area contributed by atoms with Crippen LogP contribution in [-0.2, 0) is 6.54 Å². The lowest BCUT2D eigenvalue weighted by Crippen LogP contribution is -2.30. The summed E-state index contributed by atoms with van der Waals surface area (Å²) in [4.78, 5) is 12.3. The molecule has 0 radical (unpaired) electrons. The number of imidazole rings is 1. The molecule has 2 heterocycles. The molecule has 1 N–H and O–H groups in total. The largest absolute Gasteiger partial charge is 0.481 e. The minimum absolute atomic E-state index is 0.258. The minimum Gasteiger partial charge on any atom is -0.481 e. The van der Waals surface area contributed by atoms with Crippen LogP contribution >= 0.6 is 0 Å². The molecule has 102 valence electrons. The van der Waals surface area contributed by atoms with E-state index in [-0.39, 0.29) is 6.04 Å². The fourth-order valence-electron chi connectivity index (χ4n) is 1.76. The summed E-state index contributed by atoms with van der Waals surface area (Å²) in [6.45, 7) is 5.18. The molecule has 19 heavy (non-hydrogen) atoms. The van der Waals surface area contributed by atoms with Gasteiger partial charge < -0.3 is 14.6 Å². The summed E-state index contributed by atoms with van der Waals surface area (Å²) in [6, 6.07) is 2.05. The summed E-state index contributed by atoms with van der Waals surface area (Å²) in [7, 11) is 1.59. The Bertz CT molecular complexity index is 497. The highest BCUT2D eigenvalue weighted by atomic mass is 16.5. The maximum Gasteiger partial charge on any atom is 0.218 e. The van der Waals surface area contributed by atoms with E-state index >= 15 is 0 Å². The SMILES string of the molecule is COc1cc(N[C@@H](Cn2ccnc2)C(C)C)ncn1. The summed E-state index contributed by atoms with van der Waals surface area (Å²) in [5, 5.41) is 3.41. The van der Waals surface area contributed by atoms with Crippen LogP contribution in [-0.4, -0.2) is 32.7 Å². The van der Waals surface area contributed by atoms with E-state index in [4.69, 9.17) is 4.74 Å². The van der Waals surface area contributed by atoms with Gasteiger partial charge in [-0.2, -0.15) is 0 Å². The van der Waals surface area contributed by atoms with Gasteiger partial charge in [-0.15, -0.1) is 0 Å². The Kier molecular flexibility index (Phi) is 4.33. The summed E-state index contributed by atoms with van der Waals surface area (Å²) in [5.41, 5.74) is 0. The van der Waals surface area contributed by atoms with Crippen molar-refractivity contribution < 1.29 is 4.74 Å². The van der Waals surface area contributed by atoms with Gasteiger partial charge in [0.05, 0.1) is 13.4 Å². The molecule has 0 fully saturated rings. The number of anilines is 1. The molecule has 6 heteroatoms. The molecule has 6 nitrogen and oxygen atoms in total. The molecule has 0 unspecified atom stereocenters. The molecule has 0 aliphatic heterocycles. The Morgan fingerprint density at radius 1 is 1.37 bits per heavy atom. The first-order valence-corrected chi connectivity index (χ1v) is 6.27. The van der Waals surface area contributed by atoms with Gasteiger partial charge in [-0.3, -0.25) is 0 Å². The zero-order chi connectivity index (χ0) is 13.7. The van der Waals surface area contributed by atoms with Crippen molar-refractivity contribution >= 4 is 5.82 Å². The van der Waals surface area contributed by atoms with Crippen molar-refractivity contribution in [3.63, 3.8) is 0 Å². The molecule has 0 aliphatic rings. The van der Waals surface area contributed by atoms with Gasteiger partial charge in [0.25, 0.3) is 0 Å². The van der Waals surface area contributed by atoms with Crippen LogP contribution in [0.4, 0.5) is 5.82 Å². The summed E-state index contributed by atoms with van der Waals surface area (Å²) < 4.78 is 7.15. The molecule has 0 amide bonds. The van der Waals surface area contributed by atoms with Gasteiger partial charge in [0, 0.05) is 31.0 Å². The zero-order valence-electron chi connectivity index (χ0n) is 11.4. The Hall–Kier alpha value is -2.11. The highest BCUT2D eigenvalue weighted by Gasteiger charge is 2.14. The van der Waals surface area contributed by atoms with Gasteiger partial charge in [0.2, 0.25) is 5.88 Å². The molecule has 2 aromatic rings. The molecule has 0 aliphatic carbocycles. The number of methoxy groups -OCH3 is 1. The van der Waals surface area contributed by atoms with Crippen molar-refractivity contribution in [2.75, 3.05) is 12.4 Å². The number of hydrogen-bond acceptors (Lipinski definition) is 5. The highest BCUT2D eigenvalue weighted by molar-refractivity contribution is 5.38. The smallest absolute Gasteiger partial charge is 0.218 e. The summed E-state index contributed by atoms with van der Waals surface area (Å²) >= 11 is 0. The van der Waals surface area contributed by atoms with Crippen LogP contribution in [0.5, 0.6) is 5.88 Å². The molecule has 0 saturated heterocycles. The monoisotopic (exact) mass is 261 g/mol. The first-order valence-electron chi connectivity index (χ1n) is 6.27. The second kappa shape index (κ2) is 6.17. The Labute approximate surface area is 112 Å². The van der Waals surface area contributed by atoms with Crippen LogP contribution in [0, 0.1) is 5.92 Å². The van der Waals surface area contributed by atoms with E-state index in [0.717, 1.165) is 12.4 Å². The minimum atomic E-state index is 0.258. The Morgan fingerprint density at radius 3 is 2.84 bits per heavy atom. The quantitative estimate of drug-likeness (QED) is 0.859. The fraction of sp³-hybridized carbons (Fsp3) is 0.462. The van der Waals surface area contributed by atoms with E-state index in [1.54, 1.807) is 19.4 Å². The molecular weight excluding hydrogens is 242 g/mol. The molecular formula is C13H19N5O. The molecule has 2 aromatic heterocycles. The number of rotatable bonds is 6. The molecule has 0 saturated carbocycles. The van der Waals surface area contributed by atoms with Crippen molar-refractivity contribution in [3.8, 4) is 5.88 Å². The van der Waals surface area contributed by atoms with Gasteiger partial charge in [-0.1, -0.05) is 13.8 Å². The average molecular weight is 261 g/mol. The fourth-order valence-corrected chi connectivity index (χ4v) is 1.76. The van der Waals surface area contributed by atoms with Gasteiger partial charge in [0.15, 0.2) is 0 Å². The average Bonchev–Trinajstić information content (AvgIpc) is 2.91. The number of ether oxygens (including phenoxy) is 1. The maximum atomic E-state index is 5.10. The lowest BCUT2D eigenvalue weighted by atomic mass is 10.0. The predicted octanol–water partition coefficient (Wildman–Crippen LogP) is 1.82. The third kappa shape index (κ3) is 3.67. The van der Waals surface area contributed by atoms with E-state index < -0.39 is 0 Å². The first-order chi connectivity index (χ1) is 9.19. The second-order valence-corrected chi connectivity index (χ2v) is 4.70. The maximum absolute atomic E-state index is 5.10. The first kappa shape index (κ1) is 13.3. The van der Waals surface area contributed by atoms with Gasteiger partial charge in [-0.25, -0.2) is 15.0 Å². The van der Waals surface area contributed by atoms with Crippen LogP contribution in [0.3, 0.4) is 0 Å². The number of nitrogens with one attached hydrogen (secondary N) is 1. The van der Waals surface area contributed by atoms with Crippen LogP contribution in [0.25, 0.3) is 0 Å². The third-order valence-corrected chi connectivity index (χ3v) is 2.96. The van der Waals surface area contributed by atoms with E-state index in [2.05, 4.69) is 38.7 Å². The third-order valence-electron chi connectivity index (χ3n) is 2.96. The molecule has 1 atom stereocenters. The van der Waals surface area contributed by atoms with Crippen molar-refractivity contribution in [1.82, 2.24) is 19.5 Å². The Morgan fingerprint density at radius 2 is 2.21 bits per heavy atom. The van der Waals surface area contributed by atoms with Crippen molar-refractivity contribution in [3.05, 3.63) is 31.1 Å². The molecule has 0 bridgehead atoms. The van der Waals surface area contributed by atoms with Crippen LogP contribution in [0.15, 0.2) is 31.1 Å². The predicted molar refractivity (Wildman–Crippen MR) is 73.1 cm³/mol. The van der Waals surface area contributed by atoms with Gasteiger partial charge in [-0.05, 0) is 5.92 Å².